The molecular formula is C11H19Cl2N3O. The van der Waals surface area contributed by atoms with E-state index in [1.807, 2.05) is 26.0 Å². The van der Waals surface area contributed by atoms with Crippen LogP contribution in [0.2, 0.25) is 0 Å². The smallest absolute Gasteiger partial charge is 0.224 e. The first-order chi connectivity index (χ1) is 7.11. The molecule has 0 spiro atoms. The van der Waals surface area contributed by atoms with Crippen molar-refractivity contribution in [2.75, 3.05) is 0 Å². The van der Waals surface area contributed by atoms with E-state index in [4.69, 9.17) is 5.73 Å². The molecule has 1 aromatic rings. The van der Waals surface area contributed by atoms with Gasteiger partial charge in [0.25, 0.3) is 0 Å². The maximum atomic E-state index is 11.5. The van der Waals surface area contributed by atoms with Gasteiger partial charge < -0.3 is 11.1 Å². The van der Waals surface area contributed by atoms with E-state index in [-0.39, 0.29) is 42.7 Å². The van der Waals surface area contributed by atoms with Crippen LogP contribution in [0.3, 0.4) is 0 Å². The summed E-state index contributed by atoms with van der Waals surface area (Å²) in [5.41, 5.74) is 6.62. The number of nitrogens with zero attached hydrogens (tertiary/aromatic N) is 1. The second-order valence-electron chi connectivity index (χ2n) is 3.73. The van der Waals surface area contributed by atoms with Crippen LogP contribution in [0.4, 0.5) is 0 Å². The fourth-order valence-electron chi connectivity index (χ4n) is 1.09. The topological polar surface area (TPSA) is 68.0 Å². The zero-order chi connectivity index (χ0) is 11.3. The van der Waals surface area contributed by atoms with Gasteiger partial charge in [0.15, 0.2) is 0 Å². The summed E-state index contributed by atoms with van der Waals surface area (Å²) in [5, 5.41) is 2.82. The zero-order valence-corrected chi connectivity index (χ0v) is 11.6. The van der Waals surface area contributed by atoms with Crippen LogP contribution in [0, 0.1) is 5.92 Å². The van der Waals surface area contributed by atoms with Crippen LogP contribution in [0.25, 0.3) is 0 Å². The van der Waals surface area contributed by atoms with Crippen molar-refractivity contribution in [2.45, 2.75) is 26.4 Å². The molecule has 98 valence electrons. The lowest BCUT2D eigenvalue weighted by Gasteiger charge is -2.15. The number of aromatic nitrogens is 1. The molecule has 3 N–H and O–H groups in total. The highest BCUT2D eigenvalue weighted by Gasteiger charge is 2.16. The van der Waals surface area contributed by atoms with Crippen molar-refractivity contribution >= 4 is 30.7 Å². The van der Waals surface area contributed by atoms with Crippen LogP contribution < -0.4 is 11.1 Å². The standard InChI is InChI=1S/C11H17N3O.2ClH/c1-8(9(2)12)11(15)14-7-10-4-3-5-13-6-10;;/h3-6,8-9H,7,12H2,1-2H3,(H,14,15);2*1H. The Morgan fingerprint density at radius 1 is 1.47 bits per heavy atom. The lowest BCUT2D eigenvalue weighted by molar-refractivity contribution is -0.125. The largest absolute Gasteiger partial charge is 0.352 e. The second kappa shape index (κ2) is 9.22. The van der Waals surface area contributed by atoms with Gasteiger partial charge in [-0.3, -0.25) is 9.78 Å². The maximum Gasteiger partial charge on any atom is 0.224 e. The first-order valence-electron chi connectivity index (χ1n) is 5.03. The molecule has 0 aliphatic carbocycles. The Morgan fingerprint density at radius 3 is 2.59 bits per heavy atom. The quantitative estimate of drug-likeness (QED) is 0.878. The number of nitrogens with two attached hydrogens (primary N) is 1. The van der Waals surface area contributed by atoms with Gasteiger partial charge in [-0.05, 0) is 18.6 Å². The molecule has 2 unspecified atom stereocenters. The third-order valence-corrected chi connectivity index (χ3v) is 2.39. The first-order valence-corrected chi connectivity index (χ1v) is 5.03. The molecule has 1 heterocycles. The average molecular weight is 280 g/mol. The monoisotopic (exact) mass is 279 g/mol. The molecule has 6 heteroatoms. The number of hydrogen-bond donors (Lipinski definition) is 2. The van der Waals surface area contributed by atoms with Gasteiger partial charge >= 0.3 is 0 Å². The van der Waals surface area contributed by atoms with Crippen molar-refractivity contribution in [1.29, 1.82) is 0 Å². The second-order valence-corrected chi connectivity index (χ2v) is 3.73. The molecule has 1 aromatic heterocycles. The molecular weight excluding hydrogens is 261 g/mol. The summed E-state index contributed by atoms with van der Waals surface area (Å²) in [6, 6.07) is 3.64. The van der Waals surface area contributed by atoms with E-state index in [0.717, 1.165) is 5.56 Å². The Morgan fingerprint density at radius 2 is 2.12 bits per heavy atom. The van der Waals surface area contributed by atoms with Crippen molar-refractivity contribution in [3.63, 3.8) is 0 Å². The molecule has 0 radical (unpaired) electrons. The van der Waals surface area contributed by atoms with Crippen molar-refractivity contribution < 1.29 is 4.79 Å². The van der Waals surface area contributed by atoms with Crippen LogP contribution in [0.5, 0.6) is 0 Å². The van der Waals surface area contributed by atoms with E-state index in [9.17, 15) is 4.79 Å². The molecule has 0 aliphatic rings. The molecule has 0 aliphatic heterocycles. The van der Waals surface area contributed by atoms with Crippen molar-refractivity contribution in [3.8, 4) is 0 Å². The highest BCUT2D eigenvalue weighted by Crippen LogP contribution is 2.01. The SMILES string of the molecule is CC(N)C(C)C(=O)NCc1cccnc1.Cl.Cl. The molecule has 17 heavy (non-hydrogen) atoms. The maximum absolute atomic E-state index is 11.5. The molecule has 4 nitrogen and oxygen atoms in total. The molecule has 0 saturated carbocycles. The summed E-state index contributed by atoms with van der Waals surface area (Å²) >= 11 is 0. The van der Waals surface area contributed by atoms with Crippen LogP contribution in [-0.2, 0) is 11.3 Å². The zero-order valence-electron chi connectivity index (χ0n) is 9.92. The van der Waals surface area contributed by atoms with E-state index >= 15 is 0 Å². The number of carbonyl (C=O) groups excluding carboxylic acids is 1. The molecule has 0 aromatic carbocycles. The average Bonchev–Trinajstić information content (AvgIpc) is 2.26. The molecule has 0 bridgehead atoms. The van der Waals surface area contributed by atoms with Gasteiger partial charge in [-0.2, -0.15) is 0 Å². The predicted molar refractivity (Wildman–Crippen MR) is 73.4 cm³/mol. The fraction of sp³-hybridized carbons (Fsp3) is 0.455. The number of rotatable bonds is 4. The van der Waals surface area contributed by atoms with E-state index < -0.39 is 0 Å². The third-order valence-electron chi connectivity index (χ3n) is 2.39. The van der Waals surface area contributed by atoms with Crippen LogP contribution in [0.1, 0.15) is 19.4 Å². The van der Waals surface area contributed by atoms with E-state index in [0.29, 0.717) is 6.54 Å². The van der Waals surface area contributed by atoms with Crippen LogP contribution in [-0.4, -0.2) is 16.9 Å². The number of carbonyl (C=O) groups is 1. The van der Waals surface area contributed by atoms with Crippen LogP contribution >= 0.6 is 24.8 Å². The molecule has 0 saturated heterocycles. The van der Waals surface area contributed by atoms with Gasteiger partial charge in [-0.25, -0.2) is 0 Å². The lowest BCUT2D eigenvalue weighted by Crippen LogP contribution is -2.38. The van der Waals surface area contributed by atoms with Gasteiger partial charge in [0, 0.05) is 30.9 Å². The predicted octanol–water partition coefficient (Wildman–Crippen LogP) is 1.52. The van der Waals surface area contributed by atoms with E-state index in [1.54, 1.807) is 12.4 Å². The van der Waals surface area contributed by atoms with Gasteiger partial charge in [0.1, 0.15) is 0 Å². The molecule has 2 atom stereocenters. The highest BCUT2D eigenvalue weighted by atomic mass is 35.5. The number of hydrogen-bond acceptors (Lipinski definition) is 3. The van der Waals surface area contributed by atoms with Crippen molar-refractivity contribution in [1.82, 2.24) is 10.3 Å². The Hall–Kier alpha value is -0.840. The third kappa shape index (κ3) is 6.46. The number of pyridine rings is 1. The molecule has 0 fully saturated rings. The van der Waals surface area contributed by atoms with Crippen molar-refractivity contribution in [2.24, 2.45) is 11.7 Å². The lowest BCUT2D eigenvalue weighted by atomic mass is 10.0. The Balaban J connectivity index is 0. The number of halogens is 2. The Labute approximate surface area is 114 Å². The minimum atomic E-state index is -0.165. The van der Waals surface area contributed by atoms with Crippen LogP contribution in [0.15, 0.2) is 24.5 Å². The normalized spacial score (nSPS) is 12.6. The van der Waals surface area contributed by atoms with Gasteiger partial charge in [-0.1, -0.05) is 13.0 Å². The minimum Gasteiger partial charge on any atom is -0.352 e. The Bertz CT molecular complexity index is 320. The van der Waals surface area contributed by atoms with Crippen molar-refractivity contribution in [3.05, 3.63) is 30.1 Å². The van der Waals surface area contributed by atoms with Gasteiger partial charge in [-0.15, -0.1) is 24.8 Å². The summed E-state index contributed by atoms with van der Waals surface area (Å²) in [7, 11) is 0. The van der Waals surface area contributed by atoms with Gasteiger partial charge in [0.2, 0.25) is 5.91 Å². The van der Waals surface area contributed by atoms with Gasteiger partial charge in [0.05, 0.1) is 0 Å². The summed E-state index contributed by atoms with van der Waals surface area (Å²) in [5.74, 6) is -0.185. The summed E-state index contributed by atoms with van der Waals surface area (Å²) < 4.78 is 0. The highest BCUT2D eigenvalue weighted by molar-refractivity contribution is 5.85. The summed E-state index contributed by atoms with van der Waals surface area (Å²) in [4.78, 5) is 15.5. The summed E-state index contributed by atoms with van der Waals surface area (Å²) in [6.07, 6.45) is 3.44. The fourth-order valence-corrected chi connectivity index (χ4v) is 1.09. The minimum absolute atomic E-state index is 0. The number of amides is 1. The Kier molecular flexibility index (Phi) is 10.0. The summed E-state index contributed by atoms with van der Waals surface area (Å²) in [6.45, 7) is 4.15. The molecule has 1 amide bonds. The molecule has 1 rings (SSSR count). The first kappa shape index (κ1) is 18.5. The number of nitrogens with one attached hydrogen (secondary N) is 1. The van der Waals surface area contributed by atoms with E-state index in [1.165, 1.54) is 0 Å². The van der Waals surface area contributed by atoms with E-state index in [2.05, 4.69) is 10.3 Å².